The molecule has 0 bridgehead atoms. The molecule has 1 aliphatic rings. The molecule has 0 aliphatic carbocycles. The molecule has 22 heavy (non-hydrogen) atoms. The van der Waals surface area contributed by atoms with E-state index in [1.54, 1.807) is 11.0 Å². The molecule has 2 rings (SSSR count). The first-order chi connectivity index (χ1) is 10.6. The number of anilines is 2. The summed E-state index contributed by atoms with van der Waals surface area (Å²) in [5, 5.41) is 0. The van der Waals surface area contributed by atoms with Crippen molar-refractivity contribution >= 4 is 23.3 Å². The molecule has 0 atom stereocenters. The Balaban J connectivity index is 2.44. The van der Waals surface area contributed by atoms with Crippen LogP contribution in [0, 0.1) is 0 Å². The lowest BCUT2D eigenvalue weighted by atomic mass is 10.1. The minimum absolute atomic E-state index is 0.117. The normalized spacial score (nSPS) is 14.3. The van der Waals surface area contributed by atoms with Crippen LogP contribution in [-0.4, -0.2) is 38.6 Å². The topological polar surface area (TPSA) is 49.9 Å². The Bertz CT molecular complexity index is 557. The van der Waals surface area contributed by atoms with Crippen LogP contribution in [0.2, 0.25) is 0 Å². The lowest BCUT2D eigenvalue weighted by Gasteiger charge is -2.25. The lowest BCUT2D eigenvalue weighted by Crippen LogP contribution is -2.27. The van der Waals surface area contributed by atoms with Crippen LogP contribution in [0.5, 0.6) is 0 Å². The molecule has 1 saturated heterocycles. The number of carbonyl (C=O) groups excluding carboxylic acids is 2. The number of carbonyl (C=O) groups is 2. The van der Waals surface area contributed by atoms with Crippen molar-refractivity contribution in [3.05, 3.63) is 23.8 Å². The highest BCUT2D eigenvalue weighted by Gasteiger charge is 2.24. The Morgan fingerprint density at radius 2 is 2.09 bits per heavy atom. The molecule has 1 aliphatic heterocycles. The molecule has 1 heterocycles. The zero-order valence-corrected chi connectivity index (χ0v) is 13.6. The zero-order valence-electron chi connectivity index (χ0n) is 13.6. The Kier molecular flexibility index (Phi) is 5.41. The quantitative estimate of drug-likeness (QED) is 0.758. The fourth-order valence-electron chi connectivity index (χ4n) is 2.83. The molecule has 1 aromatic carbocycles. The summed E-state index contributed by atoms with van der Waals surface area (Å²) in [5.41, 5.74) is 2.24. The van der Waals surface area contributed by atoms with Crippen LogP contribution in [0.4, 0.5) is 11.4 Å². The first-order valence-electron chi connectivity index (χ1n) is 7.89. The standard InChI is InChI=1S/C17H24N2O3/c1-4-8-18(5-2)14-10-13(17(21)22-3)11-15(12-14)19-9-6-7-16(19)20/h10-12H,4-9H2,1-3H3. The highest BCUT2D eigenvalue weighted by atomic mass is 16.5. The van der Waals surface area contributed by atoms with Crippen molar-refractivity contribution in [1.82, 2.24) is 0 Å². The van der Waals surface area contributed by atoms with Crippen molar-refractivity contribution in [3.8, 4) is 0 Å². The largest absolute Gasteiger partial charge is 0.465 e. The van der Waals surface area contributed by atoms with Crippen LogP contribution in [-0.2, 0) is 9.53 Å². The molecule has 0 N–H and O–H groups in total. The van der Waals surface area contributed by atoms with E-state index in [1.165, 1.54) is 7.11 Å². The Hall–Kier alpha value is -2.04. The van der Waals surface area contributed by atoms with E-state index in [2.05, 4.69) is 18.7 Å². The number of esters is 1. The van der Waals surface area contributed by atoms with Gasteiger partial charge in [0.15, 0.2) is 0 Å². The number of rotatable bonds is 6. The Labute approximate surface area is 131 Å². The van der Waals surface area contributed by atoms with E-state index in [0.717, 1.165) is 37.3 Å². The van der Waals surface area contributed by atoms with Gasteiger partial charge < -0.3 is 14.5 Å². The van der Waals surface area contributed by atoms with E-state index < -0.39 is 0 Å². The average Bonchev–Trinajstić information content (AvgIpc) is 2.97. The Morgan fingerprint density at radius 3 is 2.64 bits per heavy atom. The van der Waals surface area contributed by atoms with Gasteiger partial charge in [-0.2, -0.15) is 0 Å². The van der Waals surface area contributed by atoms with Crippen LogP contribution in [0.25, 0.3) is 0 Å². The minimum Gasteiger partial charge on any atom is -0.465 e. The fourth-order valence-corrected chi connectivity index (χ4v) is 2.83. The molecule has 1 amide bonds. The number of hydrogen-bond acceptors (Lipinski definition) is 4. The summed E-state index contributed by atoms with van der Waals surface area (Å²) in [5.74, 6) is -0.256. The van der Waals surface area contributed by atoms with E-state index in [1.807, 2.05) is 12.1 Å². The number of benzene rings is 1. The maximum absolute atomic E-state index is 12.0. The SMILES string of the molecule is CCCN(CC)c1cc(C(=O)OC)cc(N2CCCC2=O)c1. The monoisotopic (exact) mass is 304 g/mol. The number of methoxy groups -OCH3 is 1. The van der Waals surface area contributed by atoms with E-state index in [-0.39, 0.29) is 11.9 Å². The highest BCUT2D eigenvalue weighted by molar-refractivity contribution is 5.98. The van der Waals surface area contributed by atoms with Gasteiger partial charge in [0.2, 0.25) is 5.91 Å². The summed E-state index contributed by atoms with van der Waals surface area (Å²) in [7, 11) is 1.37. The summed E-state index contributed by atoms with van der Waals surface area (Å²) in [4.78, 5) is 27.9. The number of ether oxygens (including phenoxy) is 1. The third kappa shape index (κ3) is 3.40. The molecule has 1 aromatic rings. The van der Waals surface area contributed by atoms with Crippen molar-refractivity contribution in [2.24, 2.45) is 0 Å². The van der Waals surface area contributed by atoms with E-state index in [0.29, 0.717) is 18.5 Å². The molecular formula is C17H24N2O3. The second-order valence-electron chi connectivity index (χ2n) is 5.46. The molecule has 0 spiro atoms. The summed E-state index contributed by atoms with van der Waals surface area (Å²) < 4.78 is 4.85. The third-order valence-corrected chi connectivity index (χ3v) is 3.95. The fraction of sp³-hybridized carbons (Fsp3) is 0.529. The van der Waals surface area contributed by atoms with E-state index in [9.17, 15) is 9.59 Å². The van der Waals surface area contributed by atoms with Gasteiger partial charge in [-0.05, 0) is 38.0 Å². The van der Waals surface area contributed by atoms with Gasteiger partial charge in [0.25, 0.3) is 0 Å². The van der Waals surface area contributed by atoms with Gasteiger partial charge in [-0.25, -0.2) is 4.79 Å². The summed E-state index contributed by atoms with van der Waals surface area (Å²) in [6, 6.07) is 5.59. The smallest absolute Gasteiger partial charge is 0.337 e. The molecule has 0 aromatic heterocycles. The van der Waals surface area contributed by atoms with Crippen molar-refractivity contribution in [2.45, 2.75) is 33.1 Å². The second-order valence-corrected chi connectivity index (χ2v) is 5.46. The molecular weight excluding hydrogens is 280 g/mol. The second kappa shape index (κ2) is 7.29. The van der Waals surface area contributed by atoms with Crippen LogP contribution < -0.4 is 9.80 Å². The molecule has 0 unspecified atom stereocenters. The van der Waals surface area contributed by atoms with Crippen LogP contribution >= 0.6 is 0 Å². The zero-order chi connectivity index (χ0) is 16.1. The average molecular weight is 304 g/mol. The number of amides is 1. The van der Waals surface area contributed by atoms with E-state index in [4.69, 9.17) is 4.74 Å². The predicted octanol–water partition coefficient (Wildman–Crippen LogP) is 2.84. The maximum atomic E-state index is 12.0. The summed E-state index contributed by atoms with van der Waals surface area (Å²) in [6.07, 6.45) is 2.46. The van der Waals surface area contributed by atoms with Gasteiger partial charge in [0.05, 0.1) is 12.7 Å². The summed E-state index contributed by atoms with van der Waals surface area (Å²) in [6.45, 7) is 6.68. The minimum atomic E-state index is -0.373. The predicted molar refractivity (Wildman–Crippen MR) is 87.5 cm³/mol. The van der Waals surface area contributed by atoms with Crippen LogP contribution in [0.15, 0.2) is 18.2 Å². The number of nitrogens with zero attached hydrogens (tertiary/aromatic N) is 2. The van der Waals surface area contributed by atoms with Gasteiger partial charge in [0, 0.05) is 37.4 Å². The van der Waals surface area contributed by atoms with Crippen LogP contribution in [0.1, 0.15) is 43.5 Å². The van der Waals surface area contributed by atoms with Gasteiger partial charge >= 0.3 is 5.97 Å². The Morgan fingerprint density at radius 1 is 1.32 bits per heavy atom. The molecule has 0 radical (unpaired) electrons. The van der Waals surface area contributed by atoms with Gasteiger partial charge in [-0.1, -0.05) is 6.92 Å². The van der Waals surface area contributed by atoms with Gasteiger partial charge in [-0.3, -0.25) is 4.79 Å². The molecule has 120 valence electrons. The van der Waals surface area contributed by atoms with Crippen molar-refractivity contribution in [3.63, 3.8) is 0 Å². The molecule has 5 nitrogen and oxygen atoms in total. The van der Waals surface area contributed by atoms with Gasteiger partial charge in [-0.15, -0.1) is 0 Å². The highest BCUT2D eigenvalue weighted by Crippen LogP contribution is 2.29. The van der Waals surface area contributed by atoms with E-state index >= 15 is 0 Å². The first kappa shape index (κ1) is 16.3. The molecule has 1 fully saturated rings. The summed E-state index contributed by atoms with van der Waals surface area (Å²) >= 11 is 0. The van der Waals surface area contributed by atoms with Crippen molar-refractivity contribution in [2.75, 3.05) is 36.5 Å². The van der Waals surface area contributed by atoms with Crippen LogP contribution in [0.3, 0.4) is 0 Å². The lowest BCUT2D eigenvalue weighted by molar-refractivity contribution is -0.117. The third-order valence-electron chi connectivity index (χ3n) is 3.95. The van der Waals surface area contributed by atoms with Gasteiger partial charge in [0.1, 0.15) is 0 Å². The molecule has 5 heteroatoms. The van der Waals surface area contributed by atoms with Crippen molar-refractivity contribution in [1.29, 1.82) is 0 Å². The molecule has 0 saturated carbocycles. The first-order valence-corrected chi connectivity index (χ1v) is 7.89. The van der Waals surface area contributed by atoms with Crippen molar-refractivity contribution < 1.29 is 14.3 Å². The number of hydrogen-bond donors (Lipinski definition) is 0. The maximum Gasteiger partial charge on any atom is 0.337 e.